The average Bonchev–Trinajstić information content (AvgIpc) is 3.94. The van der Waals surface area contributed by atoms with E-state index in [-0.39, 0.29) is 83.7 Å². The summed E-state index contributed by atoms with van der Waals surface area (Å²) in [5.74, 6) is -1.38. The predicted molar refractivity (Wildman–Crippen MR) is 209 cm³/mol. The molecule has 4 aliphatic rings. The van der Waals surface area contributed by atoms with Crippen LogP contribution >= 0.6 is 0 Å². The Bertz CT molecular complexity index is 2260. The van der Waals surface area contributed by atoms with E-state index in [9.17, 15) is 14.9 Å². The fourth-order valence-corrected chi connectivity index (χ4v) is 9.49. The number of likely N-dealkylation sites (tertiary alicyclic amines) is 1. The number of benzene rings is 2. The zero-order chi connectivity index (χ0) is 40.6. The molecule has 3 atom stereocenters. The maximum Gasteiger partial charge on any atom is 0.415 e. The Balaban J connectivity index is 1.27. The summed E-state index contributed by atoms with van der Waals surface area (Å²) in [5, 5.41) is 13.2. The van der Waals surface area contributed by atoms with Crippen molar-refractivity contribution in [2.75, 3.05) is 64.5 Å². The Morgan fingerprint density at radius 1 is 1.14 bits per heavy atom. The Kier molecular flexibility index (Phi) is 11.0. The van der Waals surface area contributed by atoms with Gasteiger partial charge in [0.05, 0.1) is 35.0 Å². The fraction of sp³-hybridized carbons (Fsp3) is 0.524. The number of piperidine rings is 1. The summed E-state index contributed by atoms with van der Waals surface area (Å²) >= 11 is 0. The third-order valence-electron chi connectivity index (χ3n) is 12.3. The highest BCUT2D eigenvalue weighted by Crippen LogP contribution is 2.42. The minimum absolute atomic E-state index is 0.0724. The van der Waals surface area contributed by atoms with Gasteiger partial charge in [0.15, 0.2) is 5.82 Å². The number of nitrogens with one attached hydrogen (secondary N) is 1. The van der Waals surface area contributed by atoms with E-state index in [0.717, 1.165) is 38.8 Å². The van der Waals surface area contributed by atoms with Crippen LogP contribution in [0.3, 0.4) is 0 Å². The van der Waals surface area contributed by atoms with Gasteiger partial charge < -0.3 is 29.3 Å². The average molecular weight is 801 g/mol. The van der Waals surface area contributed by atoms with Crippen LogP contribution in [0.1, 0.15) is 57.4 Å². The number of fused-ring (bicyclic) bond motifs is 3. The number of halogens is 3. The molecule has 0 bridgehead atoms. The predicted octanol–water partition coefficient (Wildman–Crippen LogP) is 6.11. The summed E-state index contributed by atoms with van der Waals surface area (Å²) in [6.45, 7) is 5.02. The maximum atomic E-state index is 17.5. The first-order chi connectivity index (χ1) is 28.0. The molecule has 0 radical (unpaired) electrons. The Morgan fingerprint density at radius 3 is 2.69 bits per heavy atom. The molecule has 3 unspecified atom stereocenters. The molecule has 8 rings (SSSR count). The number of nitriles is 1. The van der Waals surface area contributed by atoms with Gasteiger partial charge >= 0.3 is 12.1 Å². The third kappa shape index (κ3) is 7.57. The second kappa shape index (κ2) is 16.2. The first-order valence-electron chi connectivity index (χ1n) is 20.0. The molecule has 6 heterocycles. The molecule has 2 aromatic carbocycles. The SMILES string of the molecule is COCCCc1c(F)ccc2cc(OC(=O)N3CCC(C#N)C3)cc(-c3ncc4c(N5CC(F)CC(C)(NC=O)C5)nc(OCC56CCCN5CCC6)nc4c3F)c12. The van der Waals surface area contributed by atoms with E-state index in [1.54, 1.807) is 31.1 Å². The first-order valence-corrected chi connectivity index (χ1v) is 20.0. The Hall–Kier alpha value is -5.27. The number of amides is 2. The highest BCUT2D eigenvalue weighted by atomic mass is 19.1. The first kappa shape index (κ1) is 39.6. The van der Waals surface area contributed by atoms with E-state index in [0.29, 0.717) is 55.3 Å². The van der Waals surface area contributed by atoms with Crippen LogP contribution in [-0.2, 0) is 16.0 Å². The van der Waals surface area contributed by atoms with Gasteiger partial charge in [-0.05, 0) is 99.5 Å². The second-order valence-corrected chi connectivity index (χ2v) is 16.3. The van der Waals surface area contributed by atoms with Gasteiger partial charge in [0.1, 0.15) is 41.4 Å². The van der Waals surface area contributed by atoms with Gasteiger partial charge in [-0.25, -0.2) is 18.0 Å². The van der Waals surface area contributed by atoms with E-state index in [2.05, 4.69) is 26.3 Å². The van der Waals surface area contributed by atoms with Crippen molar-refractivity contribution in [1.82, 2.24) is 30.1 Å². The van der Waals surface area contributed by atoms with Gasteiger partial charge in [-0.3, -0.25) is 14.7 Å². The lowest BCUT2D eigenvalue weighted by Gasteiger charge is -2.42. The smallest absolute Gasteiger partial charge is 0.415 e. The summed E-state index contributed by atoms with van der Waals surface area (Å²) in [4.78, 5) is 44.4. The fourth-order valence-electron chi connectivity index (χ4n) is 9.49. The molecule has 0 saturated carbocycles. The van der Waals surface area contributed by atoms with Gasteiger partial charge in [-0.1, -0.05) is 6.07 Å². The quantitative estimate of drug-likeness (QED) is 0.131. The molecule has 4 aliphatic heterocycles. The summed E-state index contributed by atoms with van der Waals surface area (Å²) in [5.41, 5.74) is -0.957. The molecular formula is C42H47F3N8O5. The summed E-state index contributed by atoms with van der Waals surface area (Å²) in [7, 11) is 1.56. The molecular weight excluding hydrogens is 754 g/mol. The van der Waals surface area contributed by atoms with E-state index in [1.165, 1.54) is 23.2 Å². The minimum atomic E-state index is -1.34. The number of hydrogen-bond donors (Lipinski definition) is 1. The number of anilines is 1. The number of aromatic nitrogens is 3. The number of alkyl halides is 1. The number of ether oxygens (including phenoxy) is 3. The minimum Gasteiger partial charge on any atom is -0.461 e. The number of methoxy groups -OCH3 is 1. The van der Waals surface area contributed by atoms with E-state index in [4.69, 9.17) is 19.2 Å². The van der Waals surface area contributed by atoms with Gasteiger partial charge in [0.2, 0.25) is 6.41 Å². The van der Waals surface area contributed by atoms with Crippen molar-refractivity contribution in [3.63, 3.8) is 0 Å². The number of carbonyl (C=O) groups excluding carboxylic acids is 2. The highest BCUT2D eigenvalue weighted by Gasteiger charge is 2.45. The molecule has 1 N–H and O–H groups in total. The van der Waals surface area contributed by atoms with Crippen LogP contribution in [0.25, 0.3) is 32.9 Å². The summed E-state index contributed by atoms with van der Waals surface area (Å²) < 4.78 is 66.2. The van der Waals surface area contributed by atoms with Gasteiger partial charge in [0, 0.05) is 51.5 Å². The van der Waals surface area contributed by atoms with Crippen LogP contribution in [0.5, 0.6) is 11.8 Å². The monoisotopic (exact) mass is 800 g/mol. The van der Waals surface area contributed by atoms with Crippen molar-refractivity contribution in [3.8, 4) is 29.1 Å². The zero-order valence-electron chi connectivity index (χ0n) is 32.7. The van der Waals surface area contributed by atoms with E-state index >= 15 is 13.2 Å². The normalized spacial score (nSPS) is 23.0. The number of rotatable bonds is 12. The number of aryl methyl sites for hydroxylation is 1. The number of carbonyl (C=O) groups is 2. The number of hydrogen-bond acceptors (Lipinski definition) is 11. The highest BCUT2D eigenvalue weighted by molar-refractivity contribution is 6.02. The van der Waals surface area contributed by atoms with E-state index in [1.807, 2.05) is 0 Å². The van der Waals surface area contributed by atoms with Crippen LogP contribution in [-0.4, -0.2) is 114 Å². The molecule has 4 fully saturated rings. The molecule has 16 heteroatoms. The largest absolute Gasteiger partial charge is 0.461 e. The lowest BCUT2D eigenvalue weighted by Crippen LogP contribution is -2.58. The van der Waals surface area contributed by atoms with Crippen LogP contribution in [0.15, 0.2) is 30.5 Å². The molecule has 2 aromatic heterocycles. The number of pyridine rings is 1. The van der Waals surface area contributed by atoms with Gasteiger partial charge in [-0.15, -0.1) is 0 Å². The van der Waals surface area contributed by atoms with Crippen molar-refractivity contribution >= 4 is 40.0 Å². The standard InChI is InChI=1S/C42H47F3N8O5/c1-41(48-25-54)18-28(43)22-52(23-41)38-32-20-47-36(35(45)37(32)49-39(50-38)57-24-42-10-4-12-53(42)13-5-11-42)31-17-29(58-40(55)51-14-9-26(19-46)21-51)16-27-7-8-33(44)30(34(27)31)6-3-15-56-2/h7-8,16-17,20,25-26,28H,3-6,9-15,18,21-24H2,1-2H3,(H,48,54). The molecule has 4 saturated heterocycles. The van der Waals surface area contributed by atoms with Crippen molar-refractivity contribution in [3.05, 3.63) is 47.7 Å². The maximum absolute atomic E-state index is 17.5. The lowest BCUT2D eigenvalue weighted by atomic mass is 9.90. The molecule has 0 aliphatic carbocycles. The van der Waals surface area contributed by atoms with Crippen molar-refractivity contribution in [2.24, 2.45) is 5.92 Å². The zero-order valence-corrected chi connectivity index (χ0v) is 32.7. The van der Waals surface area contributed by atoms with E-state index < -0.39 is 29.4 Å². The second-order valence-electron chi connectivity index (χ2n) is 16.3. The van der Waals surface area contributed by atoms with Crippen molar-refractivity contribution in [1.29, 1.82) is 5.26 Å². The molecule has 2 amide bonds. The van der Waals surface area contributed by atoms with Crippen LogP contribution < -0.4 is 19.7 Å². The molecule has 4 aromatic rings. The molecule has 13 nitrogen and oxygen atoms in total. The molecule has 306 valence electrons. The van der Waals surface area contributed by atoms with Crippen LogP contribution in [0.4, 0.5) is 23.8 Å². The number of nitrogens with zero attached hydrogens (tertiary/aromatic N) is 7. The third-order valence-corrected chi connectivity index (χ3v) is 12.3. The van der Waals surface area contributed by atoms with Crippen LogP contribution in [0, 0.1) is 28.9 Å². The molecule has 0 spiro atoms. The molecule has 58 heavy (non-hydrogen) atoms. The summed E-state index contributed by atoms with van der Waals surface area (Å²) in [6, 6.07) is 8.04. The van der Waals surface area contributed by atoms with Crippen molar-refractivity contribution in [2.45, 2.75) is 75.5 Å². The van der Waals surface area contributed by atoms with Gasteiger partial charge in [-0.2, -0.15) is 15.2 Å². The van der Waals surface area contributed by atoms with Gasteiger partial charge in [0.25, 0.3) is 0 Å². The Morgan fingerprint density at radius 2 is 1.95 bits per heavy atom. The van der Waals surface area contributed by atoms with Crippen LogP contribution in [0.2, 0.25) is 0 Å². The summed E-state index contributed by atoms with van der Waals surface area (Å²) in [6.07, 6.45) is 5.29. The lowest BCUT2D eigenvalue weighted by molar-refractivity contribution is -0.111. The van der Waals surface area contributed by atoms with Crippen molar-refractivity contribution < 1.29 is 37.0 Å². The topological polar surface area (TPSA) is 146 Å². The Labute approximate surface area is 334 Å².